The summed E-state index contributed by atoms with van der Waals surface area (Å²) in [4.78, 5) is 14.2. The van der Waals surface area contributed by atoms with Gasteiger partial charge in [0.05, 0.1) is 19.3 Å². The number of nitrogens with zero attached hydrogens (tertiary/aromatic N) is 1. The van der Waals surface area contributed by atoms with Gasteiger partial charge in [-0.15, -0.1) is 0 Å². The molecular weight excluding hydrogens is 254 g/mol. The van der Waals surface area contributed by atoms with Gasteiger partial charge in [-0.25, -0.2) is 0 Å². The van der Waals surface area contributed by atoms with Gasteiger partial charge in [-0.2, -0.15) is 0 Å². The topological polar surface area (TPSA) is 53.6 Å². The van der Waals surface area contributed by atoms with Crippen molar-refractivity contribution in [1.82, 2.24) is 15.5 Å². The summed E-state index contributed by atoms with van der Waals surface area (Å²) in [5, 5.41) is 6.17. The van der Waals surface area contributed by atoms with Gasteiger partial charge in [-0.3, -0.25) is 4.79 Å². The maximum absolute atomic E-state index is 12.1. The van der Waals surface area contributed by atoms with Crippen molar-refractivity contribution in [3.05, 3.63) is 35.9 Å². The molecule has 1 heterocycles. The first-order valence-corrected chi connectivity index (χ1v) is 6.98. The number of morpholine rings is 1. The van der Waals surface area contributed by atoms with E-state index in [9.17, 15) is 4.79 Å². The summed E-state index contributed by atoms with van der Waals surface area (Å²) < 4.78 is 5.31. The molecule has 1 amide bonds. The molecule has 1 aromatic rings. The minimum Gasteiger partial charge on any atom is -0.378 e. The molecule has 1 aromatic carbocycles. The van der Waals surface area contributed by atoms with Gasteiger partial charge in [0.1, 0.15) is 6.04 Å². The predicted molar refractivity (Wildman–Crippen MR) is 78.5 cm³/mol. The molecule has 2 atom stereocenters. The highest BCUT2D eigenvalue weighted by Crippen LogP contribution is 2.16. The number of rotatable bonds is 5. The largest absolute Gasteiger partial charge is 0.378 e. The lowest BCUT2D eigenvalue weighted by Gasteiger charge is -2.27. The minimum absolute atomic E-state index is 0.00693. The molecule has 2 rings (SSSR count). The summed E-state index contributed by atoms with van der Waals surface area (Å²) in [5.41, 5.74) is 1.20. The first-order valence-electron chi connectivity index (χ1n) is 6.98. The molecule has 0 radical (unpaired) electrons. The molecule has 0 aliphatic carbocycles. The number of hydrogen-bond donors (Lipinski definition) is 2. The number of likely N-dealkylation sites (N-methyl/N-ethyl adjacent to an activating group) is 1. The lowest BCUT2D eigenvalue weighted by molar-refractivity contribution is -0.126. The zero-order valence-corrected chi connectivity index (χ0v) is 12.1. The second-order valence-electron chi connectivity index (χ2n) is 5.22. The fourth-order valence-corrected chi connectivity index (χ4v) is 2.33. The molecular formula is C15H23N3O2. The van der Waals surface area contributed by atoms with E-state index in [1.165, 1.54) is 5.56 Å². The molecule has 1 saturated heterocycles. The van der Waals surface area contributed by atoms with Gasteiger partial charge in [-0.05, 0) is 19.7 Å². The Kier molecular flexibility index (Phi) is 5.52. The van der Waals surface area contributed by atoms with Gasteiger partial charge in [0, 0.05) is 13.1 Å². The van der Waals surface area contributed by atoms with Crippen LogP contribution in [0.5, 0.6) is 0 Å². The summed E-state index contributed by atoms with van der Waals surface area (Å²) >= 11 is 0. The van der Waals surface area contributed by atoms with E-state index in [1.807, 2.05) is 32.3 Å². The van der Waals surface area contributed by atoms with E-state index < -0.39 is 0 Å². The zero-order valence-electron chi connectivity index (χ0n) is 12.1. The van der Waals surface area contributed by atoms with Crippen molar-refractivity contribution in [3.8, 4) is 0 Å². The summed E-state index contributed by atoms with van der Waals surface area (Å²) in [6, 6.07) is 10.1. The average molecular weight is 277 g/mol. The quantitative estimate of drug-likeness (QED) is 0.818. The first-order chi connectivity index (χ1) is 9.68. The SMILES string of the molecule is CN(C)C(CNC(=O)C1COCCN1)c1ccccc1. The van der Waals surface area contributed by atoms with E-state index in [2.05, 4.69) is 27.7 Å². The Morgan fingerprint density at radius 1 is 1.45 bits per heavy atom. The van der Waals surface area contributed by atoms with E-state index in [0.717, 1.165) is 6.54 Å². The predicted octanol–water partition coefficient (Wildman–Crippen LogP) is 0.394. The fourth-order valence-electron chi connectivity index (χ4n) is 2.33. The second-order valence-corrected chi connectivity index (χ2v) is 5.22. The van der Waals surface area contributed by atoms with Gasteiger partial charge in [0.15, 0.2) is 0 Å². The van der Waals surface area contributed by atoms with Crippen LogP contribution in [0.15, 0.2) is 30.3 Å². The van der Waals surface area contributed by atoms with Crippen LogP contribution in [0.4, 0.5) is 0 Å². The molecule has 0 aromatic heterocycles. The van der Waals surface area contributed by atoms with E-state index in [0.29, 0.717) is 19.8 Å². The molecule has 2 unspecified atom stereocenters. The molecule has 1 fully saturated rings. The maximum atomic E-state index is 12.1. The molecule has 0 bridgehead atoms. The normalized spacial score (nSPS) is 20.6. The molecule has 1 aliphatic heterocycles. The Balaban J connectivity index is 1.91. The highest BCUT2D eigenvalue weighted by molar-refractivity contribution is 5.82. The lowest BCUT2D eigenvalue weighted by Crippen LogP contribution is -2.52. The summed E-state index contributed by atoms with van der Waals surface area (Å²) in [5.74, 6) is 0.00693. The Hall–Kier alpha value is -1.43. The van der Waals surface area contributed by atoms with E-state index in [4.69, 9.17) is 4.74 Å². The molecule has 5 heteroatoms. The molecule has 110 valence electrons. The van der Waals surface area contributed by atoms with Crippen molar-refractivity contribution in [2.45, 2.75) is 12.1 Å². The van der Waals surface area contributed by atoms with E-state index in [-0.39, 0.29) is 18.0 Å². The van der Waals surface area contributed by atoms with Crippen LogP contribution in [-0.4, -0.2) is 57.2 Å². The van der Waals surface area contributed by atoms with E-state index >= 15 is 0 Å². The maximum Gasteiger partial charge on any atom is 0.239 e. The van der Waals surface area contributed by atoms with Crippen molar-refractivity contribution in [1.29, 1.82) is 0 Å². The van der Waals surface area contributed by atoms with Gasteiger partial charge in [0.25, 0.3) is 0 Å². The van der Waals surface area contributed by atoms with Crippen LogP contribution in [0, 0.1) is 0 Å². The highest BCUT2D eigenvalue weighted by Gasteiger charge is 2.22. The third-order valence-electron chi connectivity index (χ3n) is 3.52. The number of carbonyl (C=O) groups excluding carboxylic acids is 1. The van der Waals surface area contributed by atoms with Crippen LogP contribution in [0.25, 0.3) is 0 Å². The molecule has 20 heavy (non-hydrogen) atoms. The van der Waals surface area contributed by atoms with Crippen molar-refractivity contribution in [3.63, 3.8) is 0 Å². The van der Waals surface area contributed by atoms with Crippen molar-refractivity contribution >= 4 is 5.91 Å². The number of hydrogen-bond acceptors (Lipinski definition) is 4. The van der Waals surface area contributed by atoms with Crippen molar-refractivity contribution in [2.75, 3.05) is 40.4 Å². The number of nitrogens with one attached hydrogen (secondary N) is 2. The standard InChI is InChI=1S/C15H23N3O2/c1-18(2)14(12-6-4-3-5-7-12)10-17-15(19)13-11-20-9-8-16-13/h3-7,13-14,16H,8-11H2,1-2H3,(H,17,19). The number of amides is 1. The van der Waals surface area contributed by atoms with Crippen molar-refractivity contribution in [2.24, 2.45) is 0 Å². The molecule has 1 aliphatic rings. The third kappa shape index (κ3) is 4.03. The number of carbonyl (C=O) groups is 1. The first kappa shape index (κ1) is 15.0. The molecule has 0 saturated carbocycles. The van der Waals surface area contributed by atoms with Gasteiger partial charge in [-0.1, -0.05) is 30.3 Å². The van der Waals surface area contributed by atoms with Crippen LogP contribution < -0.4 is 10.6 Å². The zero-order chi connectivity index (χ0) is 14.4. The fraction of sp³-hybridized carbons (Fsp3) is 0.533. The molecule has 5 nitrogen and oxygen atoms in total. The van der Waals surface area contributed by atoms with Gasteiger partial charge >= 0.3 is 0 Å². The smallest absolute Gasteiger partial charge is 0.239 e. The Morgan fingerprint density at radius 3 is 2.80 bits per heavy atom. The average Bonchev–Trinajstić information content (AvgIpc) is 2.49. The molecule has 0 spiro atoms. The van der Waals surface area contributed by atoms with Gasteiger partial charge in [0.2, 0.25) is 5.91 Å². The van der Waals surface area contributed by atoms with Crippen LogP contribution in [0.2, 0.25) is 0 Å². The summed E-state index contributed by atoms with van der Waals surface area (Å²) in [6.07, 6.45) is 0. The monoisotopic (exact) mass is 277 g/mol. The van der Waals surface area contributed by atoms with Gasteiger partial charge < -0.3 is 20.3 Å². The van der Waals surface area contributed by atoms with Crippen LogP contribution in [0.1, 0.15) is 11.6 Å². The van der Waals surface area contributed by atoms with E-state index in [1.54, 1.807) is 0 Å². The highest BCUT2D eigenvalue weighted by atomic mass is 16.5. The lowest BCUT2D eigenvalue weighted by atomic mass is 10.1. The van der Waals surface area contributed by atoms with Crippen LogP contribution in [0.3, 0.4) is 0 Å². The summed E-state index contributed by atoms with van der Waals surface area (Å²) in [7, 11) is 4.04. The Bertz CT molecular complexity index is 416. The van der Waals surface area contributed by atoms with Crippen molar-refractivity contribution < 1.29 is 9.53 Å². The Labute approximate surface area is 120 Å². The Morgan fingerprint density at radius 2 is 2.20 bits per heavy atom. The molecule has 2 N–H and O–H groups in total. The minimum atomic E-state index is -0.234. The van der Waals surface area contributed by atoms with Crippen LogP contribution >= 0.6 is 0 Å². The number of benzene rings is 1. The second kappa shape index (κ2) is 7.38. The van der Waals surface area contributed by atoms with Crippen LogP contribution in [-0.2, 0) is 9.53 Å². The summed E-state index contributed by atoms with van der Waals surface area (Å²) in [6.45, 7) is 2.44. The number of ether oxygens (including phenoxy) is 1. The third-order valence-corrected chi connectivity index (χ3v) is 3.52.